The maximum atomic E-state index is 12.3. The van der Waals surface area contributed by atoms with E-state index >= 15 is 0 Å². The quantitative estimate of drug-likeness (QED) is 0.622. The first-order valence-electron chi connectivity index (χ1n) is 6.63. The van der Waals surface area contributed by atoms with Crippen molar-refractivity contribution in [3.8, 4) is 11.8 Å². The smallest absolute Gasteiger partial charge is 0.263 e. The number of imide groups is 1. The average Bonchev–Trinajstić information content (AvgIpc) is 2.93. The standard InChI is InChI=1S/C15H13ClN2O3/c16-10-4-3-9(2-1-7-17)8-11(10)18-14(19)12-5-6-13(21-12)15(18)20/h3-4,8,12-13H,5-7,17H2. The fraction of sp³-hybridized carbons (Fsp3) is 0.333. The van der Waals surface area contributed by atoms with Crippen molar-refractivity contribution in [1.82, 2.24) is 0 Å². The third-order valence-corrected chi connectivity index (χ3v) is 3.85. The molecule has 1 aromatic carbocycles. The van der Waals surface area contributed by atoms with E-state index in [1.54, 1.807) is 18.2 Å². The third-order valence-electron chi connectivity index (χ3n) is 3.53. The predicted octanol–water partition coefficient (Wildman–Crippen LogP) is 1.07. The van der Waals surface area contributed by atoms with E-state index in [1.807, 2.05) is 0 Å². The Morgan fingerprint density at radius 2 is 1.95 bits per heavy atom. The molecule has 108 valence electrons. The van der Waals surface area contributed by atoms with Gasteiger partial charge < -0.3 is 10.5 Å². The third kappa shape index (κ3) is 2.42. The van der Waals surface area contributed by atoms with Gasteiger partial charge in [0.25, 0.3) is 11.8 Å². The number of hydrogen-bond donors (Lipinski definition) is 1. The molecule has 2 fully saturated rings. The molecule has 0 saturated carbocycles. The molecule has 21 heavy (non-hydrogen) atoms. The Bertz CT molecular complexity index is 655. The van der Waals surface area contributed by atoms with Gasteiger partial charge in [0.05, 0.1) is 17.3 Å². The van der Waals surface area contributed by atoms with Crippen LogP contribution in [-0.4, -0.2) is 30.6 Å². The second-order valence-corrected chi connectivity index (χ2v) is 5.28. The van der Waals surface area contributed by atoms with Gasteiger partial charge in [-0.3, -0.25) is 9.59 Å². The Balaban J connectivity index is 2.02. The Labute approximate surface area is 127 Å². The minimum absolute atomic E-state index is 0.234. The van der Waals surface area contributed by atoms with Crippen molar-refractivity contribution in [2.75, 3.05) is 11.4 Å². The maximum absolute atomic E-state index is 12.3. The molecule has 1 aromatic rings. The molecule has 2 unspecified atom stereocenters. The van der Waals surface area contributed by atoms with Crippen LogP contribution in [0.4, 0.5) is 5.69 Å². The van der Waals surface area contributed by atoms with Crippen LogP contribution in [0.25, 0.3) is 0 Å². The van der Waals surface area contributed by atoms with Gasteiger partial charge in [0, 0.05) is 5.56 Å². The minimum Gasteiger partial charge on any atom is -0.355 e. The Hall–Kier alpha value is -1.87. The van der Waals surface area contributed by atoms with Crippen molar-refractivity contribution in [2.24, 2.45) is 5.73 Å². The number of carbonyl (C=O) groups excluding carboxylic acids is 2. The average molecular weight is 305 g/mol. The van der Waals surface area contributed by atoms with Crippen molar-refractivity contribution in [3.05, 3.63) is 28.8 Å². The van der Waals surface area contributed by atoms with Gasteiger partial charge in [0.1, 0.15) is 12.2 Å². The zero-order chi connectivity index (χ0) is 15.0. The van der Waals surface area contributed by atoms with Crippen molar-refractivity contribution >= 4 is 29.1 Å². The second kappa shape index (κ2) is 5.49. The zero-order valence-electron chi connectivity index (χ0n) is 11.1. The lowest BCUT2D eigenvalue weighted by Crippen LogP contribution is -2.52. The number of morpholine rings is 1. The predicted molar refractivity (Wildman–Crippen MR) is 77.8 cm³/mol. The van der Waals surface area contributed by atoms with E-state index in [9.17, 15) is 9.59 Å². The highest BCUT2D eigenvalue weighted by Crippen LogP contribution is 2.35. The maximum Gasteiger partial charge on any atom is 0.263 e. The van der Waals surface area contributed by atoms with E-state index in [-0.39, 0.29) is 18.4 Å². The van der Waals surface area contributed by atoms with Crippen LogP contribution in [0.2, 0.25) is 5.02 Å². The first-order valence-corrected chi connectivity index (χ1v) is 7.01. The Morgan fingerprint density at radius 1 is 1.29 bits per heavy atom. The number of nitrogens with two attached hydrogens (primary N) is 1. The monoisotopic (exact) mass is 304 g/mol. The molecule has 0 spiro atoms. The van der Waals surface area contributed by atoms with E-state index in [0.29, 0.717) is 29.1 Å². The van der Waals surface area contributed by atoms with Gasteiger partial charge in [0.2, 0.25) is 0 Å². The fourth-order valence-corrected chi connectivity index (χ4v) is 2.75. The summed E-state index contributed by atoms with van der Waals surface area (Å²) in [6, 6.07) is 4.97. The number of carbonyl (C=O) groups is 2. The molecule has 2 N–H and O–H groups in total. The van der Waals surface area contributed by atoms with Crippen molar-refractivity contribution in [1.29, 1.82) is 0 Å². The largest absolute Gasteiger partial charge is 0.355 e. The van der Waals surface area contributed by atoms with Gasteiger partial charge in [-0.1, -0.05) is 23.4 Å². The number of anilines is 1. The van der Waals surface area contributed by atoms with E-state index in [2.05, 4.69) is 11.8 Å². The zero-order valence-corrected chi connectivity index (χ0v) is 11.9. The van der Waals surface area contributed by atoms with Gasteiger partial charge >= 0.3 is 0 Å². The van der Waals surface area contributed by atoms with Crippen LogP contribution >= 0.6 is 11.6 Å². The van der Waals surface area contributed by atoms with Crippen LogP contribution < -0.4 is 10.6 Å². The molecule has 2 saturated heterocycles. The summed E-state index contributed by atoms with van der Waals surface area (Å²) >= 11 is 6.15. The number of nitrogens with zero attached hydrogens (tertiary/aromatic N) is 1. The topological polar surface area (TPSA) is 72.6 Å². The number of ether oxygens (including phenoxy) is 1. The van der Waals surface area contributed by atoms with E-state index in [4.69, 9.17) is 22.1 Å². The second-order valence-electron chi connectivity index (χ2n) is 4.87. The number of benzene rings is 1. The normalized spacial score (nSPS) is 24.0. The summed E-state index contributed by atoms with van der Waals surface area (Å²) in [6.07, 6.45) is 0.0246. The van der Waals surface area contributed by atoms with Crippen LogP contribution in [0.1, 0.15) is 18.4 Å². The SMILES string of the molecule is NCC#Cc1ccc(Cl)c(N2C(=O)C3CCC(O3)C2=O)c1. The molecule has 2 aliphatic rings. The molecule has 2 atom stereocenters. The van der Waals surface area contributed by atoms with E-state index < -0.39 is 12.2 Å². The summed E-state index contributed by atoms with van der Waals surface area (Å²) in [6.45, 7) is 0.234. The molecule has 5 nitrogen and oxygen atoms in total. The summed E-state index contributed by atoms with van der Waals surface area (Å²) in [7, 11) is 0. The highest BCUT2D eigenvalue weighted by Gasteiger charge is 2.47. The van der Waals surface area contributed by atoms with Gasteiger partial charge in [0.15, 0.2) is 0 Å². The Kier molecular flexibility index (Phi) is 3.68. The molecular weight excluding hydrogens is 292 g/mol. The summed E-state index contributed by atoms with van der Waals surface area (Å²) in [5.74, 6) is 4.87. The molecule has 2 heterocycles. The number of fused-ring (bicyclic) bond motifs is 2. The summed E-state index contributed by atoms with van der Waals surface area (Å²) in [5, 5.41) is 0.330. The van der Waals surface area contributed by atoms with Crippen LogP contribution in [0.5, 0.6) is 0 Å². The molecule has 2 aliphatic heterocycles. The lowest BCUT2D eigenvalue weighted by atomic mass is 10.1. The number of halogens is 1. The molecule has 3 rings (SSSR count). The lowest BCUT2D eigenvalue weighted by molar-refractivity contribution is -0.146. The van der Waals surface area contributed by atoms with Gasteiger partial charge in [-0.05, 0) is 31.0 Å². The van der Waals surface area contributed by atoms with E-state index in [1.165, 1.54) is 0 Å². The minimum atomic E-state index is -0.553. The molecule has 0 aliphatic carbocycles. The molecule has 0 radical (unpaired) electrons. The van der Waals surface area contributed by atoms with Crippen molar-refractivity contribution in [3.63, 3.8) is 0 Å². The van der Waals surface area contributed by atoms with Crippen molar-refractivity contribution in [2.45, 2.75) is 25.0 Å². The molecule has 0 aromatic heterocycles. The highest BCUT2D eigenvalue weighted by atomic mass is 35.5. The Morgan fingerprint density at radius 3 is 2.57 bits per heavy atom. The summed E-state index contributed by atoms with van der Waals surface area (Å²) < 4.78 is 5.38. The first-order chi connectivity index (χ1) is 10.1. The number of rotatable bonds is 1. The summed E-state index contributed by atoms with van der Waals surface area (Å²) in [4.78, 5) is 25.8. The van der Waals surface area contributed by atoms with Crippen LogP contribution in [0.15, 0.2) is 18.2 Å². The van der Waals surface area contributed by atoms with E-state index in [0.717, 1.165) is 4.90 Å². The number of amides is 2. The molecule has 2 bridgehead atoms. The molecular formula is C15H13ClN2O3. The van der Waals surface area contributed by atoms with Gasteiger partial charge in [-0.15, -0.1) is 0 Å². The van der Waals surface area contributed by atoms with Crippen LogP contribution in [0, 0.1) is 11.8 Å². The number of hydrogen-bond acceptors (Lipinski definition) is 4. The highest BCUT2D eigenvalue weighted by molar-refractivity contribution is 6.35. The van der Waals surface area contributed by atoms with Crippen LogP contribution in [0.3, 0.4) is 0 Å². The van der Waals surface area contributed by atoms with Crippen LogP contribution in [-0.2, 0) is 14.3 Å². The molecule has 6 heteroatoms. The van der Waals surface area contributed by atoms with Crippen molar-refractivity contribution < 1.29 is 14.3 Å². The molecule has 2 amide bonds. The van der Waals surface area contributed by atoms with Gasteiger partial charge in [-0.2, -0.15) is 0 Å². The first kappa shape index (κ1) is 14.1. The van der Waals surface area contributed by atoms with Gasteiger partial charge in [-0.25, -0.2) is 4.90 Å². The lowest BCUT2D eigenvalue weighted by Gasteiger charge is -2.30. The fourth-order valence-electron chi connectivity index (χ4n) is 2.55. The summed E-state index contributed by atoms with van der Waals surface area (Å²) in [5.41, 5.74) is 6.35.